The van der Waals surface area contributed by atoms with E-state index in [9.17, 15) is 0 Å². The maximum absolute atomic E-state index is 6.42. The molecule has 0 aliphatic carbocycles. The van der Waals surface area contributed by atoms with Crippen molar-refractivity contribution >= 4 is 29.2 Å². The fraction of sp³-hybridized carbons (Fsp3) is 0.423. The molecule has 1 aromatic carbocycles. The SMILES string of the molecule is CCOc1cccc(-c2cc(N3CCN(c4ncccc4Cl)C[C@H]3C)nc(N3CCOCC3)n2)c1. The van der Waals surface area contributed by atoms with Crippen LogP contribution in [-0.4, -0.2) is 73.5 Å². The van der Waals surface area contributed by atoms with E-state index in [-0.39, 0.29) is 6.04 Å². The molecule has 9 heteroatoms. The predicted molar refractivity (Wildman–Crippen MR) is 140 cm³/mol. The summed E-state index contributed by atoms with van der Waals surface area (Å²) >= 11 is 6.42. The number of piperazine rings is 1. The highest BCUT2D eigenvalue weighted by Crippen LogP contribution is 2.31. The number of anilines is 3. The van der Waals surface area contributed by atoms with Crippen LogP contribution in [0.2, 0.25) is 5.02 Å². The zero-order valence-electron chi connectivity index (χ0n) is 20.2. The van der Waals surface area contributed by atoms with Crippen molar-refractivity contribution in [2.75, 3.05) is 67.2 Å². The van der Waals surface area contributed by atoms with Gasteiger partial charge in [0, 0.05) is 56.6 Å². The molecular weight excluding hydrogens is 464 g/mol. The minimum absolute atomic E-state index is 0.219. The summed E-state index contributed by atoms with van der Waals surface area (Å²) in [7, 11) is 0. The Bertz CT molecular complexity index is 1160. The van der Waals surface area contributed by atoms with Gasteiger partial charge in [0.15, 0.2) is 0 Å². The van der Waals surface area contributed by atoms with Gasteiger partial charge < -0.3 is 24.2 Å². The van der Waals surface area contributed by atoms with Crippen LogP contribution in [-0.2, 0) is 4.74 Å². The second kappa shape index (κ2) is 10.7. The van der Waals surface area contributed by atoms with Crippen molar-refractivity contribution in [1.29, 1.82) is 0 Å². The summed E-state index contributed by atoms with van der Waals surface area (Å²) in [5, 5.41) is 0.682. The average molecular weight is 495 g/mol. The number of pyridine rings is 1. The van der Waals surface area contributed by atoms with E-state index in [1.165, 1.54) is 0 Å². The Hall–Kier alpha value is -3.10. The first-order valence-corrected chi connectivity index (χ1v) is 12.6. The van der Waals surface area contributed by atoms with Gasteiger partial charge in [-0.05, 0) is 38.1 Å². The van der Waals surface area contributed by atoms with Crippen LogP contribution in [0.3, 0.4) is 0 Å². The highest BCUT2D eigenvalue weighted by molar-refractivity contribution is 6.32. The Morgan fingerprint density at radius 2 is 1.89 bits per heavy atom. The molecule has 2 fully saturated rings. The molecule has 2 aliphatic rings. The first-order chi connectivity index (χ1) is 17.1. The Kier molecular flexibility index (Phi) is 7.20. The molecule has 5 rings (SSSR count). The van der Waals surface area contributed by atoms with Gasteiger partial charge >= 0.3 is 0 Å². The van der Waals surface area contributed by atoms with Gasteiger partial charge in [0.1, 0.15) is 17.4 Å². The van der Waals surface area contributed by atoms with Crippen LogP contribution in [0.4, 0.5) is 17.6 Å². The molecule has 3 aromatic rings. The lowest BCUT2D eigenvalue weighted by Crippen LogP contribution is -2.53. The van der Waals surface area contributed by atoms with E-state index in [0.717, 1.165) is 67.3 Å². The van der Waals surface area contributed by atoms with E-state index in [0.29, 0.717) is 24.8 Å². The van der Waals surface area contributed by atoms with Crippen molar-refractivity contribution in [2.45, 2.75) is 19.9 Å². The first kappa shape index (κ1) is 23.6. The fourth-order valence-electron chi connectivity index (χ4n) is 4.63. The molecule has 35 heavy (non-hydrogen) atoms. The molecule has 2 saturated heterocycles. The largest absolute Gasteiger partial charge is 0.494 e. The maximum atomic E-state index is 6.42. The summed E-state index contributed by atoms with van der Waals surface area (Å²) < 4.78 is 11.3. The summed E-state index contributed by atoms with van der Waals surface area (Å²) in [6.45, 7) is 10.2. The zero-order chi connectivity index (χ0) is 24.2. The summed E-state index contributed by atoms with van der Waals surface area (Å²) in [5.41, 5.74) is 1.90. The third kappa shape index (κ3) is 5.28. The quantitative estimate of drug-likeness (QED) is 0.506. The Morgan fingerprint density at radius 3 is 2.66 bits per heavy atom. The van der Waals surface area contributed by atoms with Gasteiger partial charge in [-0.15, -0.1) is 0 Å². The second-order valence-corrected chi connectivity index (χ2v) is 9.18. The van der Waals surface area contributed by atoms with Crippen LogP contribution in [0.5, 0.6) is 5.75 Å². The van der Waals surface area contributed by atoms with Crippen LogP contribution in [0.25, 0.3) is 11.3 Å². The second-order valence-electron chi connectivity index (χ2n) is 8.77. The summed E-state index contributed by atoms with van der Waals surface area (Å²) in [6, 6.07) is 14.2. The third-order valence-electron chi connectivity index (χ3n) is 6.40. The highest BCUT2D eigenvalue weighted by Gasteiger charge is 2.28. The summed E-state index contributed by atoms with van der Waals surface area (Å²) in [5.74, 6) is 3.35. The monoisotopic (exact) mass is 494 g/mol. The molecule has 0 N–H and O–H groups in total. The molecule has 0 spiro atoms. The number of aromatic nitrogens is 3. The maximum Gasteiger partial charge on any atom is 0.228 e. The molecule has 0 radical (unpaired) electrons. The molecule has 184 valence electrons. The fourth-order valence-corrected chi connectivity index (χ4v) is 4.88. The molecule has 0 saturated carbocycles. The number of halogens is 1. The molecule has 0 amide bonds. The Balaban J connectivity index is 1.46. The minimum Gasteiger partial charge on any atom is -0.494 e. The van der Waals surface area contributed by atoms with Crippen molar-refractivity contribution < 1.29 is 9.47 Å². The lowest BCUT2D eigenvalue weighted by Gasteiger charge is -2.41. The van der Waals surface area contributed by atoms with E-state index in [4.69, 9.17) is 31.0 Å². The van der Waals surface area contributed by atoms with Gasteiger partial charge in [-0.1, -0.05) is 23.7 Å². The topological polar surface area (TPSA) is 66.9 Å². The van der Waals surface area contributed by atoms with Gasteiger partial charge in [-0.3, -0.25) is 0 Å². The summed E-state index contributed by atoms with van der Waals surface area (Å²) in [6.07, 6.45) is 1.79. The lowest BCUT2D eigenvalue weighted by atomic mass is 10.1. The minimum atomic E-state index is 0.219. The van der Waals surface area contributed by atoms with Crippen LogP contribution in [0.15, 0.2) is 48.7 Å². The van der Waals surface area contributed by atoms with Gasteiger partial charge in [-0.25, -0.2) is 9.97 Å². The number of benzene rings is 1. The number of ether oxygens (including phenoxy) is 2. The van der Waals surface area contributed by atoms with E-state index in [1.54, 1.807) is 6.20 Å². The molecule has 1 atom stereocenters. The van der Waals surface area contributed by atoms with E-state index >= 15 is 0 Å². The van der Waals surface area contributed by atoms with E-state index in [2.05, 4.69) is 38.7 Å². The van der Waals surface area contributed by atoms with E-state index in [1.807, 2.05) is 37.3 Å². The Labute approximate surface area is 211 Å². The molecule has 2 aromatic heterocycles. The number of hydrogen-bond donors (Lipinski definition) is 0. The van der Waals surface area contributed by atoms with Gasteiger partial charge in [-0.2, -0.15) is 4.98 Å². The number of nitrogens with zero attached hydrogens (tertiary/aromatic N) is 6. The van der Waals surface area contributed by atoms with Gasteiger partial charge in [0.25, 0.3) is 0 Å². The van der Waals surface area contributed by atoms with Crippen LogP contribution in [0.1, 0.15) is 13.8 Å². The molecule has 4 heterocycles. The first-order valence-electron chi connectivity index (χ1n) is 12.2. The number of morpholine rings is 1. The van der Waals surface area contributed by atoms with E-state index < -0.39 is 0 Å². The molecule has 2 aliphatic heterocycles. The van der Waals surface area contributed by atoms with Crippen LogP contribution >= 0.6 is 11.6 Å². The standard InChI is InChI=1S/C26H31ClN6O2/c1-3-35-21-7-4-6-20(16-21)23-17-24(30-26(29-23)31-12-14-34-15-13-31)33-11-10-32(18-19(33)2)25-22(27)8-5-9-28-25/h4-9,16-17,19H,3,10-15,18H2,1-2H3/t19-/m1/s1. The average Bonchev–Trinajstić information content (AvgIpc) is 2.89. The van der Waals surface area contributed by atoms with Crippen molar-refractivity contribution in [3.63, 3.8) is 0 Å². The number of hydrogen-bond acceptors (Lipinski definition) is 8. The van der Waals surface area contributed by atoms with Gasteiger partial charge in [0.05, 0.1) is 30.5 Å². The molecule has 0 bridgehead atoms. The van der Waals surface area contributed by atoms with Gasteiger partial charge in [0.2, 0.25) is 5.95 Å². The summed E-state index contributed by atoms with van der Waals surface area (Å²) in [4.78, 5) is 21.3. The van der Waals surface area contributed by atoms with Crippen molar-refractivity contribution in [2.24, 2.45) is 0 Å². The Morgan fingerprint density at radius 1 is 1.03 bits per heavy atom. The molecule has 8 nitrogen and oxygen atoms in total. The third-order valence-corrected chi connectivity index (χ3v) is 6.69. The van der Waals surface area contributed by atoms with Crippen molar-refractivity contribution in [3.8, 4) is 17.0 Å². The zero-order valence-corrected chi connectivity index (χ0v) is 21.0. The normalized spacial score (nSPS) is 18.6. The molecular formula is C26H31ClN6O2. The number of rotatable bonds is 6. The lowest BCUT2D eigenvalue weighted by molar-refractivity contribution is 0.122. The highest BCUT2D eigenvalue weighted by atomic mass is 35.5. The van der Waals surface area contributed by atoms with Crippen molar-refractivity contribution in [1.82, 2.24) is 15.0 Å². The van der Waals surface area contributed by atoms with Crippen molar-refractivity contribution in [3.05, 3.63) is 53.7 Å². The predicted octanol–water partition coefficient (Wildman–Crippen LogP) is 4.14. The van der Waals surface area contributed by atoms with Crippen LogP contribution in [0, 0.1) is 0 Å². The van der Waals surface area contributed by atoms with Crippen LogP contribution < -0.4 is 19.4 Å². The molecule has 0 unspecified atom stereocenters. The smallest absolute Gasteiger partial charge is 0.228 e.